The summed E-state index contributed by atoms with van der Waals surface area (Å²) >= 11 is 0. The molecule has 1 N–H and O–H groups in total. The molecule has 0 saturated heterocycles. The Bertz CT molecular complexity index is 457. The summed E-state index contributed by atoms with van der Waals surface area (Å²) in [6.45, 7) is -0.604. The quantitative estimate of drug-likeness (QED) is 0.701. The number of hydrogen-bond donors (Lipinski definition) is 1. The molecule has 2 aromatic rings. The third-order valence-electron chi connectivity index (χ3n) is 1.69. The van der Waals surface area contributed by atoms with Gasteiger partial charge in [-0.3, -0.25) is 4.98 Å². The zero-order valence-corrected chi connectivity index (χ0v) is 6.13. The summed E-state index contributed by atoms with van der Waals surface area (Å²) in [5.74, 6) is -0.550. The van der Waals surface area contributed by atoms with Crippen LogP contribution in [0.1, 0.15) is 5.56 Å². The van der Waals surface area contributed by atoms with E-state index in [4.69, 9.17) is 4.42 Å². The molecule has 3 nitrogen and oxygen atoms in total. The van der Waals surface area contributed by atoms with Crippen LogP contribution >= 0.6 is 0 Å². The number of alkyl halides is 1. The number of hydrogen-bond acceptors (Lipinski definition) is 2. The lowest BCUT2D eigenvalue weighted by molar-refractivity contribution is 0.487. The number of benzene rings is 1. The summed E-state index contributed by atoms with van der Waals surface area (Å²) in [5.41, 5.74) is 1.29. The fourth-order valence-corrected chi connectivity index (χ4v) is 1.14. The molecular weight excluding hydrogens is 161 g/mol. The summed E-state index contributed by atoms with van der Waals surface area (Å²) in [5, 5.41) is 0. The maximum atomic E-state index is 12.3. The Labute approximate surface area is 66.8 Å². The molecule has 0 bridgehead atoms. The van der Waals surface area contributed by atoms with E-state index in [9.17, 15) is 9.18 Å². The number of aromatic nitrogens is 1. The molecule has 0 saturated carbocycles. The van der Waals surface area contributed by atoms with Crippen molar-refractivity contribution in [1.82, 2.24) is 4.98 Å². The number of halogens is 1. The Balaban J connectivity index is 2.87. The van der Waals surface area contributed by atoms with Gasteiger partial charge < -0.3 is 4.42 Å². The molecule has 0 aliphatic carbocycles. The number of nitrogens with one attached hydrogen (secondary N) is 1. The number of fused-ring (bicyclic) bond motifs is 1. The Hall–Kier alpha value is -1.58. The van der Waals surface area contributed by atoms with Crippen LogP contribution in [0, 0.1) is 0 Å². The van der Waals surface area contributed by atoms with E-state index in [-0.39, 0.29) is 0 Å². The smallest absolute Gasteiger partial charge is 0.408 e. The minimum absolute atomic E-state index is 0.398. The van der Waals surface area contributed by atoms with Crippen LogP contribution in [-0.2, 0) is 6.67 Å². The van der Waals surface area contributed by atoms with Crippen molar-refractivity contribution in [3.05, 3.63) is 34.3 Å². The van der Waals surface area contributed by atoms with Crippen molar-refractivity contribution in [3.63, 3.8) is 0 Å². The van der Waals surface area contributed by atoms with Crippen molar-refractivity contribution in [2.24, 2.45) is 0 Å². The van der Waals surface area contributed by atoms with Gasteiger partial charge >= 0.3 is 5.76 Å². The number of aromatic amines is 1. The molecule has 0 radical (unpaired) electrons. The van der Waals surface area contributed by atoms with Crippen LogP contribution in [0.5, 0.6) is 0 Å². The number of H-pyrrole nitrogens is 1. The highest BCUT2D eigenvalue weighted by atomic mass is 19.1. The fourth-order valence-electron chi connectivity index (χ4n) is 1.14. The minimum Gasteiger partial charge on any atom is -0.408 e. The SMILES string of the molecule is O=c1[nH]c2c(CF)cccc2o1. The van der Waals surface area contributed by atoms with Gasteiger partial charge in [0, 0.05) is 5.56 Å². The lowest BCUT2D eigenvalue weighted by Gasteiger charge is -1.92. The molecule has 0 aliphatic heterocycles. The van der Waals surface area contributed by atoms with E-state index in [1.54, 1.807) is 18.2 Å². The van der Waals surface area contributed by atoms with E-state index in [2.05, 4.69) is 4.98 Å². The van der Waals surface area contributed by atoms with Gasteiger partial charge in [-0.15, -0.1) is 0 Å². The van der Waals surface area contributed by atoms with Gasteiger partial charge in [-0.1, -0.05) is 12.1 Å². The molecular formula is C8H6FNO2. The minimum atomic E-state index is -0.604. The second kappa shape index (κ2) is 2.48. The topological polar surface area (TPSA) is 46.0 Å². The Morgan fingerprint density at radius 1 is 1.50 bits per heavy atom. The first kappa shape index (κ1) is 7.09. The van der Waals surface area contributed by atoms with E-state index in [1.807, 2.05) is 0 Å². The monoisotopic (exact) mass is 167 g/mol. The van der Waals surface area contributed by atoms with Gasteiger partial charge in [0.25, 0.3) is 0 Å². The van der Waals surface area contributed by atoms with Crippen molar-refractivity contribution < 1.29 is 8.81 Å². The fraction of sp³-hybridized carbons (Fsp3) is 0.125. The third kappa shape index (κ3) is 0.922. The van der Waals surface area contributed by atoms with Crippen molar-refractivity contribution in [2.75, 3.05) is 0 Å². The molecule has 0 aliphatic rings. The van der Waals surface area contributed by atoms with Crippen LogP contribution in [0.3, 0.4) is 0 Å². The van der Waals surface area contributed by atoms with E-state index < -0.39 is 12.4 Å². The first-order valence-electron chi connectivity index (χ1n) is 3.48. The van der Waals surface area contributed by atoms with E-state index in [0.717, 1.165) is 0 Å². The molecule has 1 aromatic carbocycles. The molecule has 12 heavy (non-hydrogen) atoms. The first-order chi connectivity index (χ1) is 5.81. The zero-order valence-electron chi connectivity index (χ0n) is 6.13. The van der Waals surface area contributed by atoms with E-state index >= 15 is 0 Å². The Morgan fingerprint density at radius 2 is 2.33 bits per heavy atom. The van der Waals surface area contributed by atoms with Crippen LogP contribution in [-0.4, -0.2) is 4.98 Å². The summed E-state index contributed by atoms with van der Waals surface area (Å²) in [6, 6.07) is 4.87. The average molecular weight is 167 g/mol. The molecule has 62 valence electrons. The number of rotatable bonds is 1. The third-order valence-corrected chi connectivity index (χ3v) is 1.69. The Morgan fingerprint density at radius 3 is 3.08 bits per heavy atom. The first-order valence-corrected chi connectivity index (χ1v) is 3.48. The van der Waals surface area contributed by atoms with Crippen molar-refractivity contribution in [1.29, 1.82) is 0 Å². The van der Waals surface area contributed by atoms with Gasteiger partial charge in [-0.2, -0.15) is 0 Å². The van der Waals surface area contributed by atoms with Gasteiger partial charge in [0.05, 0.1) is 5.52 Å². The Kier molecular flexibility index (Phi) is 1.46. The maximum absolute atomic E-state index is 12.3. The van der Waals surface area contributed by atoms with Gasteiger partial charge in [-0.25, -0.2) is 9.18 Å². The lowest BCUT2D eigenvalue weighted by Crippen LogP contribution is -1.94. The summed E-state index contributed by atoms with van der Waals surface area (Å²) in [4.78, 5) is 13.1. The van der Waals surface area contributed by atoms with Gasteiger partial charge in [0.1, 0.15) is 6.67 Å². The predicted molar refractivity (Wildman–Crippen MR) is 41.6 cm³/mol. The second-order valence-corrected chi connectivity index (χ2v) is 2.44. The summed E-state index contributed by atoms with van der Waals surface area (Å²) in [7, 11) is 0. The number of para-hydroxylation sites is 1. The molecule has 0 fully saturated rings. The van der Waals surface area contributed by atoms with Crippen LogP contribution in [0.15, 0.2) is 27.4 Å². The van der Waals surface area contributed by atoms with Crippen molar-refractivity contribution >= 4 is 11.1 Å². The van der Waals surface area contributed by atoms with Crippen LogP contribution in [0.4, 0.5) is 4.39 Å². The number of oxazole rings is 1. The van der Waals surface area contributed by atoms with Crippen LogP contribution in [0.2, 0.25) is 0 Å². The maximum Gasteiger partial charge on any atom is 0.417 e. The van der Waals surface area contributed by atoms with Gasteiger partial charge in [0.2, 0.25) is 0 Å². The molecule has 0 atom stereocenters. The van der Waals surface area contributed by atoms with E-state index in [0.29, 0.717) is 16.7 Å². The lowest BCUT2D eigenvalue weighted by atomic mass is 10.2. The standard InChI is InChI=1S/C8H6FNO2/c9-4-5-2-1-3-6-7(5)10-8(11)12-6/h1-3H,4H2,(H,10,11). The average Bonchev–Trinajstić information content (AvgIpc) is 2.44. The van der Waals surface area contributed by atoms with Crippen molar-refractivity contribution in [2.45, 2.75) is 6.67 Å². The summed E-state index contributed by atoms with van der Waals surface area (Å²) < 4.78 is 17.0. The molecule has 2 rings (SSSR count). The molecule has 1 aromatic heterocycles. The van der Waals surface area contributed by atoms with Crippen LogP contribution < -0.4 is 5.76 Å². The second-order valence-electron chi connectivity index (χ2n) is 2.44. The van der Waals surface area contributed by atoms with Crippen molar-refractivity contribution in [3.8, 4) is 0 Å². The largest absolute Gasteiger partial charge is 0.417 e. The highest BCUT2D eigenvalue weighted by molar-refractivity contribution is 5.75. The molecule has 4 heteroatoms. The van der Waals surface area contributed by atoms with Gasteiger partial charge in [0.15, 0.2) is 5.58 Å². The predicted octanol–water partition coefficient (Wildman–Crippen LogP) is 1.59. The summed E-state index contributed by atoms with van der Waals surface area (Å²) in [6.07, 6.45) is 0. The molecule has 0 spiro atoms. The molecule has 1 heterocycles. The normalized spacial score (nSPS) is 10.8. The highest BCUT2D eigenvalue weighted by Crippen LogP contribution is 2.15. The molecule has 0 amide bonds. The van der Waals surface area contributed by atoms with Crippen LogP contribution in [0.25, 0.3) is 11.1 Å². The van der Waals surface area contributed by atoms with Gasteiger partial charge in [-0.05, 0) is 6.07 Å². The van der Waals surface area contributed by atoms with E-state index in [1.165, 1.54) is 0 Å². The highest BCUT2D eigenvalue weighted by Gasteiger charge is 2.04. The molecule has 0 unspecified atom stereocenters. The zero-order chi connectivity index (χ0) is 8.55.